The van der Waals surface area contributed by atoms with E-state index in [-0.39, 0.29) is 11.6 Å². The van der Waals surface area contributed by atoms with Gasteiger partial charge in [0, 0.05) is 16.7 Å². The zero-order valence-electron chi connectivity index (χ0n) is 8.73. The van der Waals surface area contributed by atoms with Crippen molar-refractivity contribution in [2.45, 2.75) is 19.4 Å². The zero-order chi connectivity index (χ0) is 12.3. The minimum Gasteiger partial charge on any atom is -0.454 e. The summed E-state index contributed by atoms with van der Waals surface area (Å²) in [5.74, 6) is 2.29. The van der Waals surface area contributed by atoms with Gasteiger partial charge in [0.05, 0.1) is 4.92 Å². The molecular weight excluding hydrogens is 276 g/mol. The van der Waals surface area contributed by atoms with E-state index in [0.717, 1.165) is 0 Å². The summed E-state index contributed by atoms with van der Waals surface area (Å²) in [6, 6.07) is 1.31. The number of nitro groups is 1. The molecule has 0 bridgehead atoms. The molecule has 0 fully saturated rings. The summed E-state index contributed by atoms with van der Waals surface area (Å²) < 4.78 is 5.79. The van der Waals surface area contributed by atoms with Crippen molar-refractivity contribution >= 4 is 21.6 Å². The Hall–Kier alpha value is -1.61. The molecule has 1 aromatic heterocycles. The number of pyridine rings is 1. The molecule has 0 amide bonds. The zero-order valence-corrected chi connectivity index (χ0v) is 10.3. The minimum atomic E-state index is -0.939. The van der Waals surface area contributed by atoms with E-state index >= 15 is 0 Å². The molecule has 0 aliphatic carbocycles. The molecule has 0 saturated carbocycles. The van der Waals surface area contributed by atoms with Crippen LogP contribution in [0.15, 0.2) is 16.7 Å². The Labute approximate surface area is 101 Å². The maximum absolute atomic E-state index is 10.8. The van der Waals surface area contributed by atoms with Gasteiger partial charge in [0.1, 0.15) is 0 Å². The predicted molar refractivity (Wildman–Crippen MR) is 62.1 cm³/mol. The van der Waals surface area contributed by atoms with Gasteiger partial charge in [0.15, 0.2) is 5.60 Å². The highest BCUT2D eigenvalue weighted by Gasteiger charge is 2.24. The maximum Gasteiger partial charge on any atom is 0.332 e. The maximum atomic E-state index is 10.8. The molecule has 84 valence electrons. The molecule has 1 heterocycles. The van der Waals surface area contributed by atoms with E-state index in [4.69, 9.17) is 11.2 Å². The second-order valence-corrected chi connectivity index (χ2v) is 4.41. The molecule has 16 heavy (non-hydrogen) atoms. The first-order valence-corrected chi connectivity index (χ1v) is 5.12. The summed E-state index contributed by atoms with van der Waals surface area (Å²) >= 11 is 3.10. The van der Waals surface area contributed by atoms with E-state index < -0.39 is 10.5 Å². The standard InChI is InChI=1S/C10H9BrN2O3/c1-4-10(2,3)16-9-8(13(14)15)5-7(11)6-12-9/h1,5-6H,2-3H3. The second-order valence-electron chi connectivity index (χ2n) is 3.49. The monoisotopic (exact) mass is 284 g/mol. The van der Waals surface area contributed by atoms with Gasteiger partial charge in [0.2, 0.25) is 0 Å². The van der Waals surface area contributed by atoms with Crippen LogP contribution < -0.4 is 4.74 Å². The number of nitrogens with zero attached hydrogens (tertiary/aromatic N) is 2. The average Bonchev–Trinajstić information content (AvgIpc) is 2.20. The first-order chi connectivity index (χ1) is 7.35. The largest absolute Gasteiger partial charge is 0.454 e. The first-order valence-electron chi connectivity index (χ1n) is 4.32. The number of rotatable bonds is 3. The van der Waals surface area contributed by atoms with Crippen molar-refractivity contribution in [2.75, 3.05) is 0 Å². The Kier molecular flexibility index (Phi) is 3.50. The van der Waals surface area contributed by atoms with Crippen LogP contribution >= 0.6 is 15.9 Å². The van der Waals surface area contributed by atoms with Gasteiger partial charge >= 0.3 is 5.69 Å². The Balaban J connectivity index is 3.15. The Bertz CT molecular complexity index is 466. The molecule has 0 unspecified atom stereocenters. The molecule has 1 aromatic rings. The van der Waals surface area contributed by atoms with Gasteiger partial charge in [-0.25, -0.2) is 4.98 Å². The Morgan fingerprint density at radius 3 is 2.81 bits per heavy atom. The van der Waals surface area contributed by atoms with E-state index in [2.05, 4.69) is 26.8 Å². The fourth-order valence-corrected chi connectivity index (χ4v) is 1.22. The van der Waals surface area contributed by atoms with E-state index in [1.165, 1.54) is 12.3 Å². The summed E-state index contributed by atoms with van der Waals surface area (Å²) in [4.78, 5) is 14.0. The topological polar surface area (TPSA) is 65.3 Å². The lowest BCUT2D eigenvalue weighted by molar-refractivity contribution is -0.386. The van der Waals surface area contributed by atoms with Gasteiger partial charge in [0.25, 0.3) is 5.88 Å². The first kappa shape index (κ1) is 12.5. The highest BCUT2D eigenvalue weighted by atomic mass is 79.9. The van der Waals surface area contributed by atoms with Gasteiger partial charge < -0.3 is 4.74 Å². The third-order valence-electron chi connectivity index (χ3n) is 1.69. The molecular formula is C10H9BrN2O3. The van der Waals surface area contributed by atoms with Crippen LogP contribution in [0, 0.1) is 22.5 Å². The van der Waals surface area contributed by atoms with Crippen molar-refractivity contribution in [2.24, 2.45) is 0 Å². The Morgan fingerprint density at radius 2 is 2.31 bits per heavy atom. The normalized spacial score (nSPS) is 10.6. The average molecular weight is 285 g/mol. The van der Waals surface area contributed by atoms with Gasteiger partial charge in [-0.1, -0.05) is 5.92 Å². The Morgan fingerprint density at radius 1 is 1.69 bits per heavy atom. The van der Waals surface area contributed by atoms with Crippen LogP contribution in [0.25, 0.3) is 0 Å². The van der Waals surface area contributed by atoms with Crippen molar-refractivity contribution in [3.63, 3.8) is 0 Å². The summed E-state index contributed by atoms with van der Waals surface area (Å²) in [6.07, 6.45) is 6.64. The third kappa shape index (κ3) is 2.94. The molecule has 0 aliphatic heterocycles. The van der Waals surface area contributed by atoms with Gasteiger partial charge in [-0.2, -0.15) is 0 Å². The van der Waals surface area contributed by atoms with E-state index in [9.17, 15) is 10.1 Å². The van der Waals surface area contributed by atoms with Crippen molar-refractivity contribution in [3.05, 3.63) is 26.9 Å². The smallest absolute Gasteiger partial charge is 0.332 e. The molecule has 6 heteroatoms. The van der Waals surface area contributed by atoms with Crippen LogP contribution in [0.1, 0.15) is 13.8 Å². The van der Waals surface area contributed by atoms with Gasteiger partial charge in [-0.05, 0) is 29.8 Å². The summed E-state index contributed by atoms with van der Waals surface area (Å²) in [5.41, 5.74) is -1.16. The van der Waals surface area contributed by atoms with Gasteiger partial charge in [-0.3, -0.25) is 10.1 Å². The SMILES string of the molecule is C#CC(C)(C)Oc1ncc(Br)cc1[N+](=O)[O-]. The van der Waals surface area contributed by atoms with Crippen LogP contribution in [0.5, 0.6) is 5.88 Å². The summed E-state index contributed by atoms with van der Waals surface area (Å²) in [6.45, 7) is 3.25. The molecule has 5 nitrogen and oxygen atoms in total. The number of hydrogen-bond donors (Lipinski definition) is 0. The number of aromatic nitrogens is 1. The molecule has 0 aliphatic rings. The number of halogens is 1. The number of ether oxygens (including phenoxy) is 1. The van der Waals surface area contributed by atoms with Gasteiger partial charge in [-0.15, -0.1) is 6.42 Å². The van der Waals surface area contributed by atoms with Crippen LogP contribution in [-0.4, -0.2) is 15.5 Å². The van der Waals surface area contributed by atoms with Crippen molar-refractivity contribution < 1.29 is 9.66 Å². The molecule has 0 aromatic carbocycles. The lowest BCUT2D eigenvalue weighted by Crippen LogP contribution is -2.26. The lowest BCUT2D eigenvalue weighted by atomic mass is 10.1. The van der Waals surface area contributed by atoms with E-state index in [1.807, 2.05) is 0 Å². The van der Waals surface area contributed by atoms with Crippen LogP contribution in [0.3, 0.4) is 0 Å². The molecule has 0 N–H and O–H groups in total. The molecule has 0 atom stereocenters. The molecule has 1 rings (SSSR count). The fraction of sp³-hybridized carbons (Fsp3) is 0.300. The lowest BCUT2D eigenvalue weighted by Gasteiger charge is -2.18. The number of terminal acetylenes is 1. The fourth-order valence-electron chi connectivity index (χ4n) is 0.897. The van der Waals surface area contributed by atoms with E-state index in [0.29, 0.717) is 4.47 Å². The van der Waals surface area contributed by atoms with Crippen LogP contribution in [0.4, 0.5) is 5.69 Å². The molecule has 0 saturated heterocycles. The van der Waals surface area contributed by atoms with E-state index in [1.54, 1.807) is 13.8 Å². The highest BCUT2D eigenvalue weighted by molar-refractivity contribution is 9.10. The van der Waals surface area contributed by atoms with Crippen molar-refractivity contribution in [3.8, 4) is 18.2 Å². The molecule has 0 radical (unpaired) electrons. The quantitative estimate of drug-likeness (QED) is 0.486. The summed E-state index contributed by atoms with van der Waals surface area (Å²) in [7, 11) is 0. The second kappa shape index (κ2) is 4.49. The van der Waals surface area contributed by atoms with Crippen LogP contribution in [0.2, 0.25) is 0 Å². The third-order valence-corrected chi connectivity index (χ3v) is 2.13. The minimum absolute atomic E-state index is 0.0869. The number of hydrogen-bond acceptors (Lipinski definition) is 4. The van der Waals surface area contributed by atoms with Crippen molar-refractivity contribution in [1.82, 2.24) is 4.98 Å². The van der Waals surface area contributed by atoms with Crippen molar-refractivity contribution in [1.29, 1.82) is 0 Å². The molecule has 0 spiro atoms. The van der Waals surface area contributed by atoms with Crippen LogP contribution in [-0.2, 0) is 0 Å². The highest BCUT2D eigenvalue weighted by Crippen LogP contribution is 2.29. The summed E-state index contributed by atoms with van der Waals surface area (Å²) in [5, 5.41) is 10.8. The predicted octanol–water partition coefficient (Wildman–Crippen LogP) is 2.54.